The van der Waals surface area contributed by atoms with Crippen LogP contribution in [0, 0.1) is 5.92 Å². The Morgan fingerprint density at radius 2 is 2.30 bits per heavy atom. The summed E-state index contributed by atoms with van der Waals surface area (Å²) in [5.41, 5.74) is 2.19. The first-order valence-corrected chi connectivity index (χ1v) is 7.12. The molecule has 2 aliphatic rings. The van der Waals surface area contributed by atoms with Gasteiger partial charge in [0.05, 0.1) is 17.1 Å². The number of amides is 2. The normalized spacial score (nSPS) is 20.6. The van der Waals surface area contributed by atoms with Gasteiger partial charge in [-0.15, -0.1) is 0 Å². The zero-order valence-corrected chi connectivity index (χ0v) is 11.7. The molecular formula is C14H16ClN3O2. The molecule has 0 spiro atoms. The number of hydrogen-bond donors (Lipinski definition) is 3. The molecule has 0 radical (unpaired) electrons. The Kier molecular flexibility index (Phi) is 3.63. The van der Waals surface area contributed by atoms with Gasteiger partial charge in [0, 0.05) is 12.1 Å². The number of benzene rings is 1. The number of hydrogen-bond acceptors (Lipinski definition) is 3. The fourth-order valence-corrected chi connectivity index (χ4v) is 2.91. The highest BCUT2D eigenvalue weighted by molar-refractivity contribution is 6.34. The monoisotopic (exact) mass is 293 g/mol. The van der Waals surface area contributed by atoms with E-state index in [9.17, 15) is 9.59 Å². The van der Waals surface area contributed by atoms with E-state index >= 15 is 0 Å². The Morgan fingerprint density at radius 1 is 1.45 bits per heavy atom. The van der Waals surface area contributed by atoms with E-state index in [0.29, 0.717) is 29.5 Å². The molecule has 2 aliphatic heterocycles. The van der Waals surface area contributed by atoms with Gasteiger partial charge in [-0.3, -0.25) is 9.59 Å². The van der Waals surface area contributed by atoms with Gasteiger partial charge in [0.2, 0.25) is 11.8 Å². The summed E-state index contributed by atoms with van der Waals surface area (Å²) in [6.45, 7) is 1.87. The lowest BCUT2D eigenvalue weighted by Gasteiger charge is -2.11. The molecule has 0 aliphatic carbocycles. The molecule has 1 aromatic carbocycles. The summed E-state index contributed by atoms with van der Waals surface area (Å²) in [6, 6.07) is 3.47. The number of nitrogens with one attached hydrogen (secondary N) is 3. The van der Waals surface area contributed by atoms with Gasteiger partial charge >= 0.3 is 0 Å². The lowest BCUT2D eigenvalue weighted by molar-refractivity contribution is -0.117. The van der Waals surface area contributed by atoms with E-state index in [1.54, 1.807) is 12.1 Å². The average Bonchev–Trinajstić information content (AvgIpc) is 2.98. The Morgan fingerprint density at radius 3 is 3.05 bits per heavy atom. The van der Waals surface area contributed by atoms with Crippen molar-refractivity contribution >= 4 is 34.8 Å². The van der Waals surface area contributed by atoms with Crippen LogP contribution in [0.15, 0.2) is 12.1 Å². The van der Waals surface area contributed by atoms with Crippen molar-refractivity contribution in [3.63, 3.8) is 0 Å². The summed E-state index contributed by atoms with van der Waals surface area (Å²) < 4.78 is 0. The van der Waals surface area contributed by atoms with Crippen LogP contribution < -0.4 is 16.0 Å². The molecule has 1 saturated heterocycles. The SMILES string of the molecule is O=C(CC1CCNC1)Nc1cc2c(cc1Cl)NC(=O)C2. The summed E-state index contributed by atoms with van der Waals surface area (Å²) in [5.74, 6) is 0.320. The van der Waals surface area contributed by atoms with E-state index in [2.05, 4.69) is 16.0 Å². The first kappa shape index (κ1) is 13.4. The summed E-state index contributed by atoms with van der Waals surface area (Å²) >= 11 is 6.14. The van der Waals surface area contributed by atoms with Crippen molar-refractivity contribution in [3.05, 3.63) is 22.7 Å². The smallest absolute Gasteiger partial charge is 0.228 e. The second-order valence-electron chi connectivity index (χ2n) is 5.33. The maximum atomic E-state index is 12.0. The minimum absolute atomic E-state index is 0.0298. The first-order valence-electron chi connectivity index (χ1n) is 6.74. The van der Waals surface area contributed by atoms with E-state index in [1.807, 2.05) is 0 Å². The van der Waals surface area contributed by atoms with E-state index in [-0.39, 0.29) is 11.8 Å². The van der Waals surface area contributed by atoms with Gasteiger partial charge in [0.25, 0.3) is 0 Å². The Balaban J connectivity index is 1.69. The Bertz CT molecular complexity index is 568. The summed E-state index contributed by atoms with van der Waals surface area (Å²) in [4.78, 5) is 23.3. The molecule has 1 aromatic rings. The molecule has 1 unspecified atom stereocenters. The molecule has 2 heterocycles. The molecule has 5 nitrogen and oxygen atoms in total. The molecule has 1 atom stereocenters. The third-order valence-electron chi connectivity index (χ3n) is 3.73. The average molecular weight is 294 g/mol. The lowest BCUT2D eigenvalue weighted by Crippen LogP contribution is -2.18. The van der Waals surface area contributed by atoms with Gasteiger partial charge in [-0.05, 0) is 43.1 Å². The van der Waals surface area contributed by atoms with Crippen molar-refractivity contribution in [3.8, 4) is 0 Å². The molecule has 0 aromatic heterocycles. The molecule has 20 heavy (non-hydrogen) atoms. The molecule has 106 valence electrons. The lowest BCUT2D eigenvalue weighted by atomic mass is 10.0. The van der Waals surface area contributed by atoms with E-state index in [0.717, 1.165) is 30.8 Å². The minimum Gasteiger partial charge on any atom is -0.325 e. The highest BCUT2D eigenvalue weighted by atomic mass is 35.5. The van der Waals surface area contributed by atoms with Crippen LogP contribution in [-0.2, 0) is 16.0 Å². The van der Waals surface area contributed by atoms with Crippen LogP contribution in [0.1, 0.15) is 18.4 Å². The maximum Gasteiger partial charge on any atom is 0.228 e. The van der Waals surface area contributed by atoms with E-state index < -0.39 is 0 Å². The van der Waals surface area contributed by atoms with E-state index in [4.69, 9.17) is 11.6 Å². The van der Waals surface area contributed by atoms with Gasteiger partial charge < -0.3 is 16.0 Å². The molecule has 3 rings (SSSR count). The first-order chi connectivity index (χ1) is 9.61. The van der Waals surface area contributed by atoms with Gasteiger partial charge in [0.1, 0.15) is 0 Å². The fraction of sp³-hybridized carbons (Fsp3) is 0.429. The number of anilines is 2. The van der Waals surface area contributed by atoms with Crippen molar-refractivity contribution in [2.24, 2.45) is 5.92 Å². The minimum atomic E-state index is -0.0448. The van der Waals surface area contributed by atoms with Crippen molar-refractivity contribution in [1.82, 2.24) is 5.32 Å². The topological polar surface area (TPSA) is 70.2 Å². The number of carbonyl (C=O) groups is 2. The highest BCUT2D eigenvalue weighted by Gasteiger charge is 2.22. The maximum absolute atomic E-state index is 12.0. The van der Waals surface area contributed by atoms with Crippen LogP contribution in [0.4, 0.5) is 11.4 Å². The van der Waals surface area contributed by atoms with Gasteiger partial charge in [0.15, 0.2) is 0 Å². The van der Waals surface area contributed by atoms with Crippen LogP contribution >= 0.6 is 11.6 Å². The van der Waals surface area contributed by atoms with Crippen molar-refractivity contribution < 1.29 is 9.59 Å². The van der Waals surface area contributed by atoms with Gasteiger partial charge in [-0.2, -0.15) is 0 Å². The second kappa shape index (κ2) is 5.42. The molecule has 0 bridgehead atoms. The fourth-order valence-electron chi connectivity index (χ4n) is 2.70. The largest absolute Gasteiger partial charge is 0.325 e. The summed E-state index contributed by atoms with van der Waals surface area (Å²) in [7, 11) is 0. The summed E-state index contributed by atoms with van der Waals surface area (Å²) in [6.07, 6.45) is 1.86. The van der Waals surface area contributed by atoms with Gasteiger partial charge in [-0.1, -0.05) is 11.6 Å². The van der Waals surface area contributed by atoms with Crippen molar-refractivity contribution in [2.45, 2.75) is 19.3 Å². The Labute approximate surface area is 122 Å². The molecule has 1 fully saturated rings. The predicted molar refractivity (Wildman–Crippen MR) is 78.0 cm³/mol. The summed E-state index contributed by atoms with van der Waals surface area (Å²) in [5, 5.41) is 9.27. The van der Waals surface area contributed by atoms with Gasteiger partial charge in [-0.25, -0.2) is 0 Å². The second-order valence-corrected chi connectivity index (χ2v) is 5.73. The predicted octanol–water partition coefficient (Wildman–Crippen LogP) is 1.77. The van der Waals surface area contributed by atoms with Crippen molar-refractivity contribution in [2.75, 3.05) is 23.7 Å². The molecular weight excluding hydrogens is 278 g/mol. The zero-order valence-electron chi connectivity index (χ0n) is 11.0. The third-order valence-corrected chi connectivity index (χ3v) is 4.04. The number of rotatable bonds is 3. The molecule has 2 amide bonds. The standard InChI is InChI=1S/C14H16ClN3O2/c15-10-6-11-9(5-14(20)17-11)4-12(10)18-13(19)3-8-1-2-16-7-8/h4,6,8,16H,1-3,5,7H2,(H,17,20)(H,18,19). The van der Waals surface area contributed by atoms with Crippen molar-refractivity contribution in [1.29, 1.82) is 0 Å². The van der Waals surface area contributed by atoms with Crippen LogP contribution in [0.2, 0.25) is 5.02 Å². The number of carbonyl (C=O) groups excluding carboxylic acids is 2. The third kappa shape index (κ3) is 2.78. The van der Waals surface area contributed by atoms with Crippen LogP contribution in [0.3, 0.4) is 0 Å². The molecule has 6 heteroatoms. The van der Waals surface area contributed by atoms with Crippen LogP contribution in [0.25, 0.3) is 0 Å². The molecule has 3 N–H and O–H groups in total. The van der Waals surface area contributed by atoms with Crippen LogP contribution in [-0.4, -0.2) is 24.9 Å². The van der Waals surface area contributed by atoms with Crippen LogP contribution in [0.5, 0.6) is 0 Å². The zero-order chi connectivity index (χ0) is 14.1. The highest BCUT2D eigenvalue weighted by Crippen LogP contribution is 2.33. The number of halogens is 1. The molecule has 0 saturated carbocycles. The quantitative estimate of drug-likeness (QED) is 0.795. The van der Waals surface area contributed by atoms with E-state index in [1.165, 1.54) is 0 Å². The Hall–Kier alpha value is -1.59. The number of fused-ring (bicyclic) bond motifs is 1.